The van der Waals surface area contributed by atoms with Crippen molar-refractivity contribution in [3.05, 3.63) is 35.9 Å². The van der Waals surface area contributed by atoms with Gasteiger partial charge in [-0.2, -0.15) is 0 Å². The summed E-state index contributed by atoms with van der Waals surface area (Å²) in [5.74, 6) is -0.432. The summed E-state index contributed by atoms with van der Waals surface area (Å²) in [5.41, 5.74) is 13.3. The van der Waals surface area contributed by atoms with Gasteiger partial charge >= 0.3 is 0 Å². The van der Waals surface area contributed by atoms with E-state index < -0.39 is 11.9 Å². The van der Waals surface area contributed by atoms with E-state index in [-0.39, 0.29) is 6.42 Å². The van der Waals surface area contributed by atoms with Gasteiger partial charge in [0.2, 0.25) is 5.91 Å². The van der Waals surface area contributed by atoms with E-state index in [1.807, 2.05) is 30.3 Å². The Morgan fingerprint density at radius 1 is 1.42 bits per heavy atom. The van der Waals surface area contributed by atoms with Crippen LogP contribution in [0.5, 0.6) is 0 Å². The lowest BCUT2D eigenvalue weighted by atomic mass is 10.1. The molecule has 1 atom stereocenters. The number of carbonyl (C=O) groups is 1. The standard InChI is InChI=1S/C9H11N2O/c10-8(6-9(11)12)7-4-2-1-3-5-7/h1-5,8,10H,6H2,(H2,11,12). The molecule has 63 valence electrons. The zero-order valence-corrected chi connectivity index (χ0v) is 6.66. The molecule has 0 aliphatic carbocycles. The molecule has 1 aromatic rings. The average molecular weight is 163 g/mol. The molecule has 0 fully saturated rings. The second-order valence-electron chi connectivity index (χ2n) is 2.63. The lowest BCUT2D eigenvalue weighted by molar-refractivity contribution is -0.118. The minimum Gasteiger partial charge on any atom is -0.370 e. The molecule has 0 aromatic heterocycles. The Morgan fingerprint density at radius 2 is 2.00 bits per heavy atom. The quantitative estimate of drug-likeness (QED) is 0.706. The largest absolute Gasteiger partial charge is 0.370 e. The fourth-order valence-corrected chi connectivity index (χ4v) is 1.00. The van der Waals surface area contributed by atoms with Crippen molar-refractivity contribution < 1.29 is 4.79 Å². The summed E-state index contributed by atoms with van der Waals surface area (Å²) in [6, 6.07) is 8.68. The van der Waals surface area contributed by atoms with Gasteiger partial charge < -0.3 is 5.73 Å². The van der Waals surface area contributed by atoms with Crippen LogP contribution in [0.4, 0.5) is 0 Å². The van der Waals surface area contributed by atoms with Gasteiger partial charge in [0, 0.05) is 6.42 Å². The number of benzene rings is 1. The minimum atomic E-state index is -0.524. The summed E-state index contributed by atoms with van der Waals surface area (Å²) in [5, 5.41) is 0. The van der Waals surface area contributed by atoms with E-state index in [1.165, 1.54) is 0 Å². The van der Waals surface area contributed by atoms with E-state index in [0.717, 1.165) is 5.56 Å². The van der Waals surface area contributed by atoms with Crippen molar-refractivity contribution in [2.24, 2.45) is 5.73 Å². The smallest absolute Gasteiger partial charge is 0.219 e. The van der Waals surface area contributed by atoms with Crippen LogP contribution in [-0.2, 0) is 4.79 Å². The van der Waals surface area contributed by atoms with Crippen molar-refractivity contribution in [1.82, 2.24) is 5.73 Å². The molecule has 12 heavy (non-hydrogen) atoms. The number of amides is 1. The zero-order valence-electron chi connectivity index (χ0n) is 6.66. The van der Waals surface area contributed by atoms with Crippen molar-refractivity contribution in [1.29, 1.82) is 0 Å². The maximum Gasteiger partial charge on any atom is 0.219 e. The molecule has 1 radical (unpaired) electrons. The van der Waals surface area contributed by atoms with Crippen LogP contribution in [-0.4, -0.2) is 5.91 Å². The normalized spacial score (nSPS) is 12.4. The van der Waals surface area contributed by atoms with E-state index in [9.17, 15) is 4.79 Å². The molecule has 0 aliphatic rings. The van der Waals surface area contributed by atoms with Crippen LogP contribution in [0.3, 0.4) is 0 Å². The van der Waals surface area contributed by atoms with Crippen LogP contribution < -0.4 is 11.5 Å². The summed E-state index contributed by atoms with van der Waals surface area (Å²) in [6.45, 7) is 0. The van der Waals surface area contributed by atoms with Crippen LogP contribution in [0.15, 0.2) is 30.3 Å². The molecule has 0 heterocycles. The fourth-order valence-electron chi connectivity index (χ4n) is 1.00. The van der Waals surface area contributed by atoms with Gasteiger partial charge in [-0.15, -0.1) is 0 Å². The lowest BCUT2D eigenvalue weighted by Gasteiger charge is -2.07. The molecule has 0 saturated carbocycles. The third-order valence-electron chi connectivity index (χ3n) is 1.61. The molecule has 1 rings (SSSR count). The van der Waals surface area contributed by atoms with Crippen LogP contribution in [0, 0.1) is 0 Å². The van der Waals surface area contributed by atoms with Crippen molar-refractivity contribution in [3.8, 4) is 0 Å². The fraction of sp³-hybridized carbons (Fsp3) is 0.222. The second kappa shape index (κ2) is 3.88. The first kappa shape index (κ1) is 8.74. The average Bonchev–Trinajstić information content (AvgIpc) is 2.05. The first-order valence-corrected chi connectivity index (χ1v) is 3.74. The van der Waals surface area contributed by atoms with Crippen molar-refractivity contribution in [3.63, 3.8) is 0 Å². The predicted octanol–water partition coefficient (Wildman–Crippen LogP) is 0.886. The van der Waals surface area contributed by atoms with E-state index in [2.05, 4.69) is 0 Å². The lowest BCUT2D eigenvalue weighted by Crippen LogP contribution is -2.15. The zero-order chi connectivity index (χ0) is 8.97. The number of carbonyl (C=O) groups excluding carboxylic acids is 1. The third kappa shape index (κ3) is 2.36. The Morgan fingerprint density at radius 3 is 2.50 bits per heavy atom. The Hall–Kier alpha value is -1.35. The van der Waals surface area contributed by atoms with Crippen molar-refractivity contribution in [2.45, 2.75) is 12.5 Å². The molecule has 0 bridgehead atoms. The van der Waals surface area contributed by atoms with E-state index in [4.69, 9.17) is 11.5 Å². The summed E-state index contributed by atoms with van der Waals surface area (Å²) >= 11 is 0. The summed E-state index contributed by atoms with van der Waals surface area (Å²) in [4.78, 5) is 10.5. The number of primary amides is 1. The number of nitrogens with one attached hydrogen (secondary N) is 1. The molecule has 1 amide bonds. The Bertz CT molecular complexity index is 258. The molecule has 3 N–H and O–H groups in total. The van der Waals surface area contributed by atoms with Gasteiger partial charge in [0.1, 0.15) is 0 Å². The maximum absolute atomic E-state index is 10.5. The molecule has 3 nitrogen and oxygen atoms in total. The Kier molecular flexibility index (Phi) is 2.82. The molecular weight excluding hydrogens is 152 g/mol. The van der Waals surface area contributed by atoms with E-state index in [1.54, 1.807) is 0 Å². The van der Waals surface area contributed by atoms with E-state index in [0.29, 0.717) is 0 Å². The third-order valence-corrected chi connectivity index (χ3v) is 1.61. The van der Waals surface area contributed by atoms with Gasteiger partial charge in [0.15, 0.2) is 0 Å². The van der Waals surface area contributed by atoms with Gasteiger partial charge in [-0.1, -0.05) is 30.3 Å². The Balaban J connectivity index is 2.65. The summed E-state index contributed by atoms with van der Waals surface area (Å²) in [6.07, 6.45) is 0.0873. The number of nitrogens with two attached hydrogens (primary N) is 1. The molecule has 0 aliphatic heterocycles. The predicted molar refractivity (Wildman–Crippen MR) is 46.1 cm³/mol. The molecule has 0 spiro atoms. The van der Waals surface area contributed by atoms with E-state index >= 15 is 0 Å². The molecule has 3 heteroatoms. The van der Waals surface area contributed by atoms with Crippen LogP contribution in [0.25, 0.3) is 0 Å². The van der Waals surface area contributed by atoms with Gasteiger partial charge in [-0.05, 0) is 5.56 Å². The van der Waals surface area contributed by atoms with Crippen molar-refractivity contribution >= 4 is 5.91 Å². The van der Waals surface area contributed by atoms with Crippen LogP contribution >= 0.6 is 0 Å². The highest BCUT2D eigenvalue weighted by molar-refractivity contribution is 5.74. The first-order chi connectivity index (χ1) is 5.70. The SMILES string of the molecule is [NH]C(CC(N)=O)c1ccccc1. The van der Waals surface area contributed by atoms with Gasteiger partial charge in [-0.3, -0.25) is 4.79 Å². The van der Waals surface area contributed by atoms with Crippen LogP contribution in [0.1, 0.15) is 18.0 Å². The van der Waals surface area contributed by atoms with Crippen LogP contribution in [0.2, 0.25) is 0 Å². The van der Waals surface area contributed by atoms with Gasteiger partial charge in [0.25, 0.3) is 0 Å². The topological polar surface area (TPSA) is 66.9 Å². The molecular formula is C9H11N2O. The van der Waals surface area contributed by atoms with Crippen molar-refractivity contribution in [2.75, 3.05) is 0 Å². The number of hydrogen-bond donors (Lipinski definition) is 1. The first-order valence-electron chi connectivity index (χ1n) is 3.74. The minimum absolute atomic E-state index is 0.0873. The monoisotopic (exact) mass is 163 g/mol. The molecule has 1 unspecified atom stereocenters. The molecule has 1 aromatic carbocycles. The summed E-state index contributed by atoms with van der Waals surface area (Å²) < 4.78 is 0. The molecule has 0 saturated heterocycles. The highest BCUT2D eigenvalue weighted by Gasteiger charge is 2.08. The maximum atomic E-state index is 10.5. The summed E-state index contributed by atoms with van der Waals surface area (Å²) in [7, 11) is 0. The number of rotatable bonds is 3. The highest BCUT2D eigenvalue weighted by atomic mass is 16.1. The highest BCUT2D eigenvalue weighted by Crippen LogP contribution is 2.13. The van der Waals surface area contributed by atoms with Gasteiger partial charge in [0.05, 0.1) is 6.04 Å². The Labute approximate surface area is 71.4 Å². The van der Waals surface area contributed by atoms with Gasteiger partial charge in [-0.25, -0.2) is 5.73 Å². The second-order valence-corrected chi connectivity index (χ2v) is 2.63. The number of hydrogen-bond acceptors (Lipinski definition) is 1.